The number of sulfonamides is 1. The second-order valence-electron chi connectivity index (χ2n) is 3.98. The third kappa shape index (κ3) is 3.05. The van der Waals surface area contributed by atoms with Gasteiger partial charge >= 0.3 is 0 Å². The van der Waals surface area contributed by atoms with Gasteiger partial charge in [0.2, 0.25) is 0 Å². The molecule has 0 atom stereocenters. The fourth-order valence-electron chi connectivity index (χ4n) is 1.48. The highest BCUT2D eigenvalue weighted by Gasteiger charge is 2.16. The first kappa shape index (κ1) is 13.8. The lowest BCUT2D eigenvalue weighted by Crippen LogP contribution is -2.13. The highest BCUT2D eigenvalue weighted by atomic mass is 79.9. The van der Waals surface area contributed by atoms with Crippen molar-refractivity contribution in [3.8, 4) is 0 Å². The van der Waals surface area contributed by atoms with Crippen molar-refractivity contribution in [3.63, 3.8) is 0 Å². The van der Waals surface area contributed by atoms with E-state index in [4.69, 9.17) is 5.73 Å². The van der Waals surface area contributed by atoms with Crippen LogP contribution < -0.4 is 10.5 Å². The number of aromatic nitrogens is 1. The zero-order valence-corrected chi connectivity index (χ0v) is 12.5. The Bertz CT molecular complexity index is 717. The Balaban J connectivity index is 2.38. The van der Waals surface area contributed by atoms with Gasteiger partial charge in [-0.05, 0) is 52.7 Å². The largest absolute Gasteiger partial charge is 0.399 e. The molecule has 0 spiro atoms. The lowest BCUT2D eigenvalue weighted by Gasteiger charge is -2.10. The number of nitrogen functional groups attached to an aromatic ring is 1. The molecule has 0 aliphatic heterocycles. The van der Waals surface area contributed by atoms with Crippen LogP contribution in [-0.4, -0.2) is 13.4 Å². The van der Waals surface area contributed by atoms with Crippen LogP contribution in [0.1, 0.15) is 5.56 Å². The van der Waals surface area contributed by atoms with Crippen molar-refractivity contribution < 1.29 is 8.42 Å². The second-order valence-corrected chi connectivity index (χ2v) is 6.52. The van der Waals surface area contributed by atoms with Crippen molar-refractivity contribution in [1.29, 1.82) is 0 Å². The predicted molar refractivity (Wildman–Crippen MR) is 78.3 cm³/mol. The third-order valence-electron chi connectivity index (χ3n) is 2.57. The quantitative estimate of drug-likeness (QED) is 0.840. The van der Waals surface area contributed by atoms with E-state index in [1.54, 1.807) is 19.1 Å². The molecule has 0 fully saturated rings. The molecule has 0 aliphatic carbocycles. The summed E-state index contributed by atoms with van der Waals surface area (Å²) in [7, 11) is -3.64. The molecule has 0 aliphatic rings. The minimum atomic E-state index is -3.64. The van der Waals surface area contributed by atoms with Gasteiger partial charge in [0.1, 0.15) is 0 Å². The van der Waals surface area contributed by atoms with Crippen LogP contribution in [0.4, 0.5) is 11.4 Å². The van der Waals surface area contributed by atoms with E-state index in [2.05, 4.69) is 25.6 Å². The Kier molecular flexibility index (Phi) is 3.77. The minimum absolute atomic E-state index is 0.169. The number of aryl methyl sites for hydroxylation is 1. The molecule has 0 radical (unpaired) electrons. The van der Waals surface area contributed by atoms with E-state index in [1.165, 1.54) is 24.5 Å². The number of anilines is 2. The molecule has 0 amide bonds. The second kappa shape index (κ2) is 5.18. The maximum atomic E-state index is 12.2. The number of pyridine rings is 1. The minimum Gasteiger partial charge on any atom is -0.399 e. The van der Waals surface area contributed by atoms with Crippen molar-refractivity contribution in [3.05, 3.63) is 46.7 Å². The van der Waals surface area contributed by atoms with Crippen molar-refractivity contribution in [1.82, 2.24) is 4.98 Å². The molecule has 0 unspecified atom stereocenters. The summed E-state index contributed by atoms with van der Waals surface area (Å²) in [6.07, 6.45) is 3.03. The summed E-state index contributed by atoms with van der Waals surface area (Å²) in [4.78, 5) is 4.04. The van der Waals surface area contributed by atoms with Gasteiger partial charge in [-0.15, -0.1) is 0 Å². The zero-order chi connectivity index (χ0) is 14.0. The molecule has 2 rings (SSSR count). The van der Waals surface area contributed by atoms with Crippen LogP contribution in [0.15, 0.2) is 46.0 Å². The summed E-state index contributed by atoms with van der Waals surface area (Å²) in [5, 5.41) is 0. The molecule has 0 bridgehead atoms. The summed E-state index contributed by atoms with van der Waals surface area (Å²) >= 11 is 3.24. The van der Waals surface area contributed by atoms with E-state index in [-0.39, 0.29) is 4.90 Å². The summed E-state index contributed by atoms with van der Waals surface area (Å²) in [5.41, 5.74) is 7.39. The highest BCUT2D eigenvalue weighted by Crippen LogP contribution is 2.24. The fraction of sp³-hybridized carbons (Fsp3) is 0.0833. The maximum Gasteiger partial charge on any atom is 0.261 e. The first-order chi connectivity index (χ1) is 8.90. The number of nitrogens with one attached hydrogen (secondary N) is 1. The van der Waals surface area contributed by atoms with Crippen LogP contribution in [0.3, 0.4) is 0 Å². The molecule has 1 aromatic carbocycles. The van der Waals surface area contributed by atoms with E-state index in [1.807, 2.05) is 0 Å². The molecular weight excluding hydrogens is 330 g/mol. The third-order valence-corrected chi connectivity index (χ3v) is 4.56. The number of benzene rings is 1. The van der Waals surface area contributed by atoms with Crippen molar-refractivity contribution in [2.24, 2.45) is 0 Å². The highest BCUT2D eigenvalue weighted by molar-refractivity contribution is 9.10. The van der Waals surface area contributed by atoms with Gasteiger partial charge in [0.25, 0.3) is 10.0 Å². The average molecular weight is 342 g/mol. The normalized spacial score (nSPS) is 11.3. The number of halogens is 1. The van der Waals surface area contributed by atoms with Gasteiger partial charge in [-0.2, -0.15) is 0 Å². The molecule has 2 aromatic rings. The maximum absolute atomic E-state index is 12.2. The van der Waals surface area contributed by atoms with Gasteiger partial charge in [0.15, 0.2) is 0 Å². The monoisotopic (exact) mass is 341 g/mol. The summed E-state index contributed by atoms with van der Waals surface area (Å²) in [6.45, 7) is 1.76. The number of hydrogen-bond acceptors (Lipinski definition) is 4. The van der Waals surface area contributed by atoms with Crippen LogP contribution >= 0.6 is 15.9 Å². The zero-order valence-electron chi connectivity index (χ0n) is 10.1. The van der Waals surface area contributed by atoms with E-state index in [0.29, 0.717) is 15.8 Å². The van der Waals surface area contributed by atoms with Gasteiger partial charge < -0.3 is 5.73 Å². The molecular formula is C12H12BrN3O2S. The summed E-state index contributed by atoms with van der Waals surface area (Å²) < 4.78 is 27.5. The van der Waals surface area contributed by atoms with Crippen LogP contribution in [-0.2, 0) is 10.0 Å². The number of nitrogens with zero attached hydrogens (tertiary/aromatic N) is 1. The van der Waals surface area contributed by atoms with E-state index < -0.39 is 10.0 Å². The smallest absolute Gasteiger partial charge is 0.261 e. The van der Waals surface area contributed by atoms with Crippen molar-refractivity contribution >= 4 is 37.3 Å². The van der Waals surface area contributed by atoms with Crippen LogP contribution in [0.5, 0.6) is 0 Å². The molecule has 3 N–H and O–H groups in total. The van der Waals surface area contributed by atoms with Crippen molar-refractivity contribution in [2.45, 2.75) is 11.8 Å². The standard InChI is InChI=1S/C12H12BrN3O2S/c1-8-6-9(2-3-11(8)14)19(17,18)16-12-4-5-15-7-10(12)13/h2-7H,14H2,1H3,(H,15,16). The lowest BCUT2D eigenvalue weighted by atomic mass is 10.2. The van der Waals surface area contributed by atoms with E-state index in [9.17, 15) is 8.42 Å². The topological polar surface area (TPSA) is 85.1 Å². The molecule has 100 valence electrons. The molecule has 19 heavy (non-hydrogen) atoms. The number of hydrogen-bond donors (Lipinski definition) is 2. The van der Waals surface area contributed by atoms with E-state index in [0.717, 1.165) is 5.56 Å². The molecule has 5 nitrogen and oxygen atoms in total. The number of nitrogens with two attached hydrogens (primary N) is 1. The van der Waals surface area contributed by atoms with Crippen LogP contribution in [0, 0.1) is 6.92 Å². The average Bonchev–Trinajstić information content (AvgIpc) is 2.35. The first-order valence-corrected chi connectivity index (χ1v) is 7.66. The number of rotatable bonds is 3. The Morgan fingerprint density at radius 3 is 2.68 bits per heavy atom. The van der Waals surface area contributed by atoms with E-state index >= 15 is 0 Å². The Labute approximate surface area is 120 Å². The molecule has 7 heteroatoms. The Morgan fingerprint density at radius 2 is 2.05 bits per heavy atom. The molecule has 1 aromatic heterocycles. The lowest BCUT2D eigenvalue weighted by molar-refractivity contribution is 0.601. The van der Waals surface area contributed by atoms with Gasteiger partial charge in [-0.25, -0.2) is 8.42 Å². The first-order valence-electron chi connectivity index (χ1n) is 5.38. The summed E-state index contributed by atoms with van der Waals surface area (Å²) in [5.74, 6) is 0. The van der Waals surface area contributed by atoms with Crippen molar-refractivity contribution in [2.75, 3.05) is 10.5 Å². The van der Waals surface area contributed by atoms with Gasteiger partial charge in [0.05, 0.1) is 15.1 Å². The van der Waals surface area contributed by atoms with Crippen LogP contribution in [0.25, 0.3) is 0 Å². The van der Waals surface area contributed by atoms with Gasteiger partial charge in [-0.1, -0.05) is 0 Å². The molecule has 1 heterocycles. The summed E-state index contributed by atoms with van der Waals surface area (Å²) in [6, 6.07) is 6.16. The van der Waals surface area contributed by atoms with Crippen LogP contribution in [0.2, 0.25) is 0 Å². The fourth-order valence-corrected chi connectivity index (χ4v) is 3.12. The Morgan fingerprint density at radius 1 is 1.32 bits per heavy atom. The SMILES string of the molecule is Cc1cc(S(=O)(=O)Nc2ccncc2Br)ccc1N. The molecule has 0 saturated carbocycles. The predicted octanol–water partition coefficient (Wildman–Crippen LogP) is 2.54. The van der Waals surface area contributed by atoms with Gasteiger partial charge in [-0.3, -0.25) is 9.71 Å². The van der Waals surface area contributed by atoms with Gasteiger partial charge in [0, 0.05) is 18.1 Å². The molecule has 0 saturated heterocycles. The Hall–Kier alpha value is -1.60.